The molecule has 1 aromatic heterocycles. The molecule has 3 amide bonds. The first-order valence-corrected chi connectivity index (χ1v) is 7.89. The Hall–Kier alpha value is -2.38. The van der Waals surface area contributed by atoms with Crippen molar-refractivity contribution in [1.29, 1.82) is 0 Å². The molecule has 2 aromatic rings. The lowest BCUT2D eigenvalue weighted by molar-refractivity contribution is 0.0961. The van der Waals surface area contributed by atoms with Crippen molar-refractivity contribution in [2.75, 3.05) is 17.2 Å². The van der Waals surface area contributed by atoms with Crippen LogP contribution in [0.2, 0.25) is 5.02 Å². The van der Waals surface area contributed by atoms with E-state index < -0.39 is 6.03 Å². The highest BCUT2D eigenvalue weighted by atomic mass is 35.5. The standard InChI is InChI=1S/C15H15ClN4O2S/c1-3-7-17-13(21)12-9(2)18-15(23-12)20-14(22)19-11-6-4-5-10(16)8-11/h3-6,8H,1,7H2,2H3,(H,17,21)(H2,18,19,20,22). The van der Waals surface area contributed by atoms with E-state index in [0.717, 1.165) is 11.3 Å². The van der Waals surface area contributed by atoms with Crippen LogP contribution in [0, 0.1) is 6.92 Å². The summed E-state index contributed by atoms with van der Waals surface area (Å²) in [6.45, 7) is 5.61. The van der Waals surface area contributed by atoms with E-state index in [-0.39, 0.29) is 5.91 Å². The topological polar surface area (TPSA) is 83.1 Å². The van der Waals surface area contributed by atoms with Gasteiger partial charge in [-0.2, -0.15) is 0 Å². The van der Waals surface area contributed by atoms with Crippen LogP contribution >= 0.6 is 22.9 Å². The molecule has 0 aliphatic rings. The van der Waals surface area contributed by atoms with E-state index in [1.54, 1.807) is 37.3 Å². The van der Waals surface area contributed by atoms with Crippen molar-refractivity contribution < 1.29 is 9.59 Å². The molecule has 8 heteroatoms. The van der Waals surface area contributed by atoms with Crippen molar-refractivity contribution in [2.24, 2.45) is 0 Å². The van der Waals surface area contributed by atoms with Crippen molar-refractivity contribution in [2.45, 2.75) is 6.92 Å². The fourth-order valence-electron chi connectivity index (χ4n) is 1.73. The van der Waals surface area contributed by atoms with Gasteiger partial charge in [-0.3, -0.25) is 10.1 Å². The van der Waals surface area contributed by atoms with Gasteiger partial charge in [0.25, 0.3) is 5.91 Å². The fraction of sp³-hybridized carbons (Fsp3) is 0.133. The number of thiazole rings is 1. The Morgan fingerprint density at radius 2 is 2.17 bits per heavy atom. The van der Waals surface area contributed by atoms with Crippen LogP contribution in [0.1, 0.15) is 15.4 Å². The number of nitrogens with one attached hydrogen (secondary N) is 3. The minimum atomic E-state index is -0.459. The molecular weight excluding hydrogens is 336 g/mol. The molecule has 0 saturated heterocycles. The summed E-state index contributed by atoms with van der Waals surface area (Å²) in [6, 6.07) is 6.32. The largest absolute Gasteiger partial charge is 0.348 e. The molecule has 23 heavy (non-hydrogen) atoms. The highest BCUT2D eigenvalue weighted by molar-refractivity contribution is 7.17. The molecule has 1 heterocycles. The molecule has 0 aliphatic carbocycles. The summed E-state index contributed by atoms with van der Waals surface area (Å²) in [5.74, 6) is -0.247. The molecule has 0 aliphatic heterocycles. The van der Waals surface area contributed by atoms with Gasteiger partial charge in [-0.1, -0.05) is 35.1 Å². The maximum absolute atomic E-state index is 11.9. The molecule has 0 saturated carbocycles. The summed E-state index contributed by atoms with van der Waals surface area (Å²) in [7, 11) is 0. The molecule has 120 valence electrons. The molecule has 0 fully saturated rings. The zero-order valence-corrected chi connectivity index (χ0v) is 13.9. The van der Waals surface area contributed by atoms with Crippen LogP contribution in [0.3, 0.4) is 0 Å². The van der Waals surface area contributed by atoms with E-state index in [1.165, 1.54) is 0 Å². The van der Waals surface area contributed by atoms with Crippen LogP contribution in [-0.2, 0) is 0 Å². The summed E-state index contributed by atoms with van der Waals surface area (Å²) in [6.07, 6.45) is 1.59. The van der Waals surface area contributed by atoms with Gasteiger partial charge in [0.1, 0.15) is 4.88 Å². The van der Waals surface area contributed by atoms with Gasteiger partial charge in [0.2, 0.25) is 0 Å². The second-order valence-corrected chi connectivity index (χ2v) is 5.96. The highest BCUT2D eigenvalue weighted by Gasteiger charge is 2.16. The van der Waals surface area contributed by atoms with Gasteiger partial charge < -0.3 is 10.6 Å². The van der Waals surface area contributed by atoms with Gasteiger partial charge >= 0.3 is 6.03 Å². The van der Waals surface area contributed by atoms with Crippen LogP contribution in [-0.4, -0.2) is 23.5 Å². The number of carbonyl (C=O) groups excluding carboxylic acids is 2. The maximum atomic E-state index is 11.9. The van der Waals surface area contributed by atoms with E-state index in [0.29, 0.717) is 33.0 Å². The monoisotopic (exact) mass is 350 g/mol. The SMILES string of the molecule is C=CCNC(=O)c1sc(NC(=O)Nc2cccc(Cl)c2)nc1C. The first-order valence-electron chi connectivity index (χ1n) is 6.69. The smallest absolute Gasteiger partial charge is 0.325 e. The summed E-state index contributed by atoms with van der Waals surface area (Å²) < 4.78 is 0. The van der Waals surface area contributed by atoms with E-state index in [4.69, 9.17) is 11.6 Å². The number of urea groups is 1. The molecule has 0 spiro atoms. The van der Waals surface area contributed by atoms with Gasteiger partial charge in [-0.25, -0.2) is 9.78 Å². The highest BCUT2D eigenvalue weighted by Crippen LogP contribution is 2.23. The van der Waals surface area contributed by atoms with E-state index in [1.807, 2.05) is 0 Å². The summed E-state index contributed by atoms with van der Waals surface area (Å²) in [5, 5.41) is 8.77. The number of carbonyl (C=O) groups is 2. The Bertz CT molecular complexity index is 745. The molecular formula is C15H15ClN4O2S. The van der Waals surface area contributed by atoms with Crippen molar-refractivity contribution in [3.63, 3.8) is 0 Å². The summed E-state index contributed by atoms with van der Waals surface area (Å²) >= 11 is 6.96. The van der Waals surface area contributed by atoms with Crippen molar-refractivity contribution in [3.8, 4) is 0 Å². The predicted molar refractivity (Wildman–Crippen MR) is 93.5 cm³/mol. The minimum Gasteiger partial charge on any atom is -0.348 e. The third-order valence-electron chi connectivity index (χ3n) is 2.71. The van der Waals surface area contributed by atoms with Crippen molar-refractivity contribution >= 4 is 45.7 Å². The van der Waals surface area contributed by atoms with Crippen LogP contribution in [0.4, 0.5) is 15.6 Å². The number of benzene rings is 1. The molecule has 1 aromatic carbocycles. The number of rotatable bonds is 5. The Kier molecular flexibility index (Phi) is 5.72. The van der Waals surface area contributed by atoms with Crippen molar-refractivity contribution in [3.05, 3.63) is 52.5 Å². The zero-order chi connectivity index (χ0) is 16.8. The van der Waals surface area contributed by atoms with Crippen LogP contribution < -0.4 is 16.0 Å². The molecule has 3 N–H and O–H groups in total. The van der Waals surface area contributed by atoms with E-state index in [2.05, 4.69) is 27.5 Å². The third kappa shape index (κ3) is 4.80. The van der Waals surface area contributed by atoms with Gasteiger partial charge in [-0.15, -0.1) is 6.58 Å². The van der Waals surface area contributed by atoms with Crippen LogP contribution in [0.25, 0.3) is 0 Å². The first kappa shape index (κ1) is 17.0. The fourth-order valence-corrected chi connectivity index (χ4v) is 2.80. The number of halogens is 1. The van der Waals surface area contributed by atoms with Gasteiger partial charge in [-0.05, 0) is 25.1 Å². The van der Waals surface area contributed by atoms with Crippen molar-refractivity contribution in [1.82, 2.24) is 10.3 Å². The normalized spacial score (nSPS) is 10.0. The van der Waals surface area contributed by atoms with Gasteiger partial charge in [0.05, 0.1) is 5.69 Å². The lowest BCUT2D eigenvalue weighted by atomic mass is 10.3. The molecule has 6 nitrogen and oxygen atoms in total. The third-order valence-corrected chi connectivity index (χ3v) is 4.02. The Morgan fingerprint density at radius 3 is 2.87 bits per heavy atom. The van der Waals surface area contributed by atoms with E-state index in [9.17, 15) is 9.59 Å². The Morgan fingerprint density at radius 1 is 1.39 bits per heavy atom. The quantitative estimate of drug-likeness (QED) is 0.719. The molecule has 0 unspecified atom stereocenters. The summed E-state index contributed by atoms with van der Waals surface area (Å²) in [5.41, 5.74) is 1.11. The summed E-state index contributed by atoms with van der Waals surface area (Å²) in [4.78, 5) is 28.5. The average Bonchev–Trinajstić information content (AvgIpc) is 2.85. The second-order valence-electron chi connectivity index (χ2n) is 4.52. The number of aromatic nitrogens is 1. The maximum Gasteiger partial charge on any atom is 0.325 e. The van der Waals surface area contributed by atoms with Gasteiger partial charge in [0.15, 0.2) is 5.13 Å². The average molecular weight is 351 g/mol. The molecule has 0 atom stereocenters. The zero-order valence-electron chi connectivity index (χ0n) is 12.4. The second kappa shape index (κ2) is 7.75. The molecule has 2 rings (SSSR count). The number of amides is 3. The number of hydrogen-bond acceptors (Lipinski definition) is 4. The number of nitrogens with zero attached hydrogens (tertiary/aromatic N) is 1. The Balaban J connectivity index is 2.01. The van der Waals surface area contributed by atoms with Gasteiger partial charge in [0, 0.05) is 17.3 Å². The van der Waals surface area contributed by atoms with Crippen LogP contribution in [0.5, 0.6) is 0 Å². The minimum absolute atomic E-state index is 0.247. The van der Waals surface area contributed by atoms with E-state index >= 15 is 0 Å². The predicted octanol–water partition coefficient (Wildman–Crippen LogP) is 3.66. The molecule has 0 bridgehead atoms. The lowest BCUT2D eigenvalue weighted by Crippen LogP contribution is -2.22. The number of hydrogen-bond donors (Lipinski definition) is 3. The number of aryl methyl sites for hydroxylation is 1. The molecule has 0 radical (unpaired) electrons. The lowest BCUT2D eigenvalue weighted by Gasteiger charge is -2.05. The van der Waals surface area contributed by atoms with Crippen LogP contribution in [0.15, 0.2) is 36.9 Å². The first-order chi connectivity index (χ1) is 11.0. The Labute approximate surface area is 142 Å². The number of anilines is 2.